The van der Waals surface area contributed by atoms with E-state index in [0.717, 1.165) is 18.8 Å². The van der Waals surface area contributed by atoms with Crippen LogP contribution in [0.15, 0.2) is 0 Å². The van der Waals surface area contributed by atoms with E-state index in [9.17, 15) is 5.11 Å². The third-order valence-corrected chi connectivity index (χ3v) is 4.81. The molecule has 3 fully saturated rings. The molecule has 1 saturated carbocycles. The molecule has 92 valence electrons. The minimum atomic E-state index is -0.485. The molecule has 0 aromatic rings. The molecular formula is C13H23NO2. The number of fused-ring (bicyclic) bond motifs is 1. The van der Waals surface area contributed by atoms with Gasteiger partial charge in [0.1, 0.15) is 0 Å². The summed E-state index contributed by atoms with van der Waals surface area (Å²) in [4.78, 5) is 2.66. The maximum absolute atomic E-state index is 9.55. The summed E-state index contributed by atoms with van der Waals surface area (Å²) in [6.07, 6.45) is 5.84. The number of ether oxygens (including phenoxy) is 1. The van der Waals surface area contributed by atoms with Crippen molar-refractivity contribution < 1.29 is 9.84 Å². The van der Waals surface area contributed by atoms with Crippen molar-refractivity contribution in [1.82, 2.24) is 4.90 Å². The van der Waals surface area contributed by atoms with Crippen LogP contribution in [0.25, 0.3) is 0 Å². The largest absolute Gasteiger partial charge is 0.368 e. The van der Waals surface area contributed by atoms with Gasteiger partial charge in [0.25, 0.3) is 0 Å². The lowest BCUT2D eigenvalue weighted by molar-refractivity contribution is -0.0906. The second kappa shape index (κ2) is 4.28. The molecule has 2 aliphatic heterocycles. The summed E-state index contributed by atoms with van der Waals surface area (Å²) in [7, 11) is 0. The van der Waals surface area contributed by atoms with Crippen LogP contribution in [0.3, 0.4) is 0 Å². The molecule has 0 aromatic carbocycles. The van der Waals surface area contributed by atoms with Gasteiger partial charge in [-0.25, -0.2) is 0 Å². The van der Waals surface area contributed by atoms with Crippen molar-refractivity contribution in [3.05, 3.63) is 0 Å². The van der Waals surface area contributed by atoms with Gasteiger partial charge in [-0.1, -0.05) is 6.92 Å². The molecule has 2 heterocycles. The SMILES string of the molecule is CC1CCN(C2CCC3OC(O)CC32)CC1. The third-order valence-electron chi connectivity index (χ3n) is 4.81. The maximum Gasteiger partial charge on any atom is 0.155 e. The van der Waals surface area contributed by atoms with Gasteiger partial charge in [0.2, 0.25) is 0 Å². The Hall–Kier alpha value is -0.120. The zero-order valence-corrected chi connectivity index (χ0v) is 10.1. The van der Waals surface area contributed by atoms with Gasteiger partial charge in [-0.05, 0) is 44.7 Å². The molecule has 0 amide bonds. The molecular weight excluding hydrogens is 202 g/mol. The van der Waals surface area contributed by atoms with Crippen LogP contribution in [-0.2, 0) is 4.74 Å². The topological polar surface area (TPSA) is 32.7 Å². The number of aliphatic hydroxyl groups excluding tert-OH is 1. The van der Waals surface area contributed by atoms with Gasteiger partial charge in [0.15, 0.2) is 6.29 Å². The molecule has 4 unspecified atom stereocenters. The molecule has 3 nitrogen and oxygen atoms in total. The summed E-state index contributed by atoms with van der Waals surface area (Å²) in [6, 6.07) is 0.689. The quantitative estimate of drug-likeness (QED) is 0.736. The van der Waals surface area contributed by atoms with E-state index in [1.807, 2.05) is 0 Å². The average molecular weight is 225 g/mol. The van der Waals surface area contributed by atoms with E-state index in [1.54, 1.807) is 0 Å². The molecule has 0 aromatic heterocycles. The fourth-order valence-corrected chi connectivity index (χ4v) is 3.79. The molecule has 3 rings (SSSR count). The monoisotopic (exact) mass is 225 g/mol. The van der Waals surface area contributed by atoms with Crippen LogP contribution in [0, 0.1) is 11.8 Å². The molecule has 0 radical (unpaired) electrons. The van der Waals surface area contributed by atoms with Crippen LogP contribution in [0.5, 0.6) is 0 Å². The first-order valence-electron chi connectivity index (χ1n) is 6.81. The number of piperidine rings is 1. The highest BCUT2D eigenvalue weighted by Gasteiger charge is 2.46. The van der Waals surface area contributed by atoms with E-state index in [1.165, 1.54) is 32.4 Å². The molecule has 16 heavy (non-hydrogen) atoms. The Morgan fingerprint density at radius 3 is 2.62 bits per heavy atom. The lowest BCUT2D eigenvalue weighted by Gasteiger charge is -2.37. The van der Waals surface area contributed by atoms with E-state index in [2.05, 4.69) is 11.8 Å². The van der Waals surface area contributed by atoms with Gasteiger partial charge in [-0.15, -0.1) is 0 Å². The van der Waals surface area contributed by atoms with Crippen LogP contribution < -0.4 is 0 Å². The molecule has 1 aliphatic carbocycles. The van der Waals surface area contributed by atoms with Crippen LogP contribution in [0.4, 0.5) is 0 Å². The highest BCUT2D eigenvalue weighted by atomic mass is 16.6. The normalized spacial score (nSPS) is 46.1. The van der Waals surface area contributed by atoms with Crippen LogP contribution in [0.1, 0.15) is 39.0 Å². The van der Waals surface area contributed by atoms with Crippen molar-refractivity contribution in [3.8, 4) is 0 Å². The van der Waals surface area contributed by atoms with Crippen molar-refractivity contribution in [2.75, 3.05) is 13.1 Å². The van der Waals surface area contributed by atoms with Crippen molar-refractivity contribution in [3.63, 3.8) is 0 Å². The Morgan fingerprint density at radius 1 is 1.12 bits per heavy atom. The molecule has 1 N–H and O–H groups in total. The maximum atomic E-state index is 9.55. The molecule has 4 atom stereocenters. The first-order valence-corrected chi connectivity index (χ1v) is 6.81. The smallest absolute Gasteiger partial charge is 0.155 e. The number of rotatable bonds is 1. The van der Waals surface area contributed by atoms with Crippen molar-refractivity contribution in [2.24, 2.45) is 11.8 Å². The Kier molecular flexibility index (Phi) is 2.94. The zero-order chi connectivity index (χ0) is 11.1. The summed E-state index contributed by atoms with van der Waals surface area (Å²) in [6.45, 7) is 4.87. The van der Waals surface area contributed by atoms with E-state index in [-0.39, 0.29) is 0 Å². The second-order valence-electron chi connectivity index (χ2n) is 5.89. The molecule has 0 bridgehead atoms. The predicted molar refractivity (Wildman–Crippen MR) is 62.0 cm³/mol. The summed E-state index contributed by atoms with van der Waals surface area (Å²) < 4.78 is 5.56. The summed E-state index contributed by atoms with van der Waals surface area (Å²) in [5, 5.41) is 9.55. The molecule has 2 saturated heterocycles. The van der Waals surface area contributed by atoms with Gasteiger partial charge in [-0.3, -0.25) is 4.90 Å². The number of aliphatic hydroxyl groups is 1. The fourth-order valence-electron chi connectivity index (χ4n) is 3.79. The van der Waals surface area contributed by atoms with E-state index in [4.69, 9.17) is 4.74 Å². The number of hydrogen-bond donors (Lipinski definition) is 1. The predicted octanol–water partition coefficient (Wildman–Crippen LogP) is 1.60. The summed E-state index contributed by atoms with van der Waals surface area (Å²) >= 11 is 0. The summed E-state index contributed by atoms with van der Waals surface area (Å²) in [5.74, 6) is 1.50. The first kappa shape index (κ1) is 11.0. The van der Waals surface area contributed by atoms with Gasteiger partial charge < -0.3 is 9.84 Å². The highest BCUT2D eigenvalue weighted by Crippen LogP contribution is 2.41. The van der Waals surface area contributed by atoms with E-state index >= 15 is 0 Å². The van der Waals surface area contributed by atoms with E-state index < -0.39 is 6.29 Å². The van der Waals surface area contributed by atoms with Crippen molar-refractivity contribution in [2.45, 2.75) is 57.5 Å². The van der Waals surface area contributed by atoms with E-state index in [0.29, 0.717) is 18.1 Å². The third kappa shape index (κ3) is 1.89. The standard InChI is InChI=1S/C13H23NO2/c1-9-4-6-14(7-5-9)11-2-3-12-10(11)8-13(15)16-12/h9-13,15H,2-8H2,1H3. The van der Waals surface area contributed by atoms with Crippen LogP contribution in [0.2, 0.25) is 0 Å². The van der Waals surface area contributed by atoms with Crippen molar-refractivity contribution in [1.29, 1.82) is 0 Å². The number of nitrogens with zero attached hydrogens (tertiary/aromatic N) is 1. The van der Waals surface area contributed by atoms with Crippen molar-refractivity contribution >= 4 is 0 Å². The minimum absolute atomic E-state index is 0.347. The van der Waals surface area contributed by atoms with Gasteiger partial charge in [0.05, 0.1) is 6.10 Å². The lowest BCUT2D eigenvalue weighted by atomic mass is 9.93. The van der Waals surface area contributed by atoms with Crippen LogP contribution >= 0.6 is 0 Å². The fraction of sp³-hybridized carbons (Fsp3) is 1.00. The van der Waals surface area contributed by atoms with Crippen LogP contribution in [-0.4, -0.2) is 41.5 Å². The Bertz CT molecular complexity index is 250. The Labute approximate surface area is 97.8 Å². The lowest BCUT2D eigenvalue weighted by Crippen LogP contribution is -2.43. The number of likely N-dealkylation sites (tertiary alicyclic amines) is 1. The van der Waals surface area contributed by atoms with Gasteiger partial charge in [-0.2, -0.15) is 0 Å². The van der Waals surface area contributed by atoms with Gasteiger partial charge in [0, 0.05) is 18.4 Å². The molecule has 3 heteroatoms. The number of hydrogen-bond acceptors (Lipinski definition) is 3. The minimum Gasteiger partial charge on any atom is -0.368 e. The molecule has 0 spiro atoms. The second-order valence-corrected chi connectivity index (χ2v) is 5.89. The highest BCUT2D eigenvalue weighted by molar-refractivity contribution is 4.96. The molecule has 3 aliphatic rings. The zero-order valence-electron chi connectivity index (χ0n) is 10.1. The summed E-state index contributed by atoms with van der Waals surface area (Å²) in [5.41, 5.74) is 0. The first-order chi connectivity index (χ1) is 7.74. The Balaban J connectivity index is 1.63. The average Bonchev–Trinajstić information content (AvgIpc) is 2.78. The Morgan fingerprint density at radius 2 is 1.88 bits per heavy atom. The van der Waals surface area contributed by atoms with Gasteiger partial charge >= 0.3 is 0 Å².